The number of sulfone groups is 1. The van der Waals surface area contributed by atoms with E-state index in [1.165, 1.54) is 51.4 Å². The highest BCUT2D eigenvalue weighted by Gasteiger charge is 2.26. The van der Waals surface area contributed by atoms with Crippen LogP contribution >= 0.6 is 12.6 Å². The number of aliphatic carboxylic acids is 1. The van der Waals surface area contributed by atoms with Gasteiger partial charge < -0.3 is 15.2 Å². The van der Waals surface area contributed by atoms with Gasteiger partial charge in [0.15, 0.2) is 0 Å². The Morgan fingerprint density at radius 1 is 0.839 bits per heavy atom. The third kappa shape index (κ3) is 24.4. The maximum absolute atomic E-state index is 13.4. The molecule has 2 atom stereocenters. The molecule has 0 spiro atoms. The van der Waals surface area contributed by atoms with Crippen molar-refractivity contribution in [3.05, 3.63) is 59.2 Å². The molecule has 2 aromatic carbocycles. The predicted molar refractivity (Wildman–Crippen MR) is 246 cm³/mol. The van der Waals surface area contributed by atoms with E-state index in [-0.39, 0.29) is 12.2 Å². The Balaban J connectivity index is -0.00000178. The Morgan fingerprint density at radius 3 is 1.95 bits per heavy atom. The van der Waals surface area contributed by atoms with Crippen LogP contribution in [0.1, 0.15) is 161 Å². The summed E-state index contributed by atoms with van der Waals surface area (Å²) in [7, 11) is -3.37. The van der Waals surface area contributed by atoms with E-state index >= 15 is 0 Å². The molecule has 0 bridgehead atoms. The second-order valence-electron chi connectivity index (χ2n) is 13.1. The van der Waals surface area contributed by atoms with E-state index in [4.69, 9.17) is 4.74 Å². The number of unbranched alkanes of at least 4 members (excludes halogenated alkanes) is 1. The number of nitrogens with zero attached hydrogens (tertiary/aromatic N) is 1. The number of piperidine rings is 1. The minimum Gasteiger partial charge on any atom is -0.480 e. The van der Waals surface area contributed by atoms with Gasteiger partial charge in [-0.15, -0.1) is 0 Å². The van der Waals surface area contributed by atoms with Crippen molar-refractivity contribution in [1.82, 2.24) is 10.2 Å². The van der Waals surface area contributed by atoms with Gasteiger partial charge in [0.1, 0.15) is 15.9 Å². The van der Waals surface area contributed by atoms with Crippen LogP contribution in [0.2, 0.25) is 0 Å². The molecular formula is C46H84N2O6S2. The maximum atomic E-state index is 13.4. The van der Waals surface area contributed by atoms with E-state index in [2.05, 4.69) is 36.7 Å². The summed E-state index contributed by atoms with van der Waals surface area (Å²) >= 11 is 3.53. The lowest BCUT2D eigenvalue weighted by molar-refractivity contribution is -0.139. The molecule has 56 heavy (non-hydrogen) atoms. The molecule has 1 saturated carbocycles. The summed E-state index contributed by atoms with van der Waals surface area (Å²) in [5.41, 5.74) is 4.08. The highest BCUT2D eigenvalue weighted by Crippen LogP contribution is 2.30. The first-order chi connectivity index (χ1) is 27.0. The van der Waals surface area contributed by atoms with E-state index < -0.39 is 27.8 Å². The number of benzene rings is 2. The number of likely N-dealkylation sites (tertiary alicyclic amines) is 1. The zero-order chi connectivity index (χ0) is 43.5. The van der Waals surface area contributed by atoms with E-state index in [9.17, 15) is 23.1 Å². The Kier molecular flexibility index (Phi) is 38.2. The van der Waals surface area contributed by atoms with Crippen LogP contribution < -0.4 is 5.32 Å². The number of carboxylic acid groups (broad SMARTS) is 1. The van der Waals surface area contributed by atoms with Gasteiger partial charge >= 0.3 is 5.97 Å². The van der Waals surface area contributed by atoms with Crippen molar-refractivity contribution in [2.45, 2.75) is 165 Å². The molecule has 2 unspecified atom stereocenters. The van der Waals surface area contributed by atoms with Gasteiger partial charge in [-0.3, -0.25) is 9.69 Å². The summed E-state index contributed by atoms with van der Waals surface area (Å²) in [5.74, 6) is -1.43. The number of ether oxygens (including phenoxy) is 1. The normalized spacial score (nSPS) is 15.6. The number of nitrogens with one attached hydrogen (secondary N) is 1. The maximum Gasteiger partial charge on any atom is 0.326 e. The Morgan fingerprint density at radius 2 is 1.41 bits per heavy atom. The summed E-state index contributed by atoms with van der Waals surface area (Å²) in [6.45, 7) is 25.7. The molecule has 1 amide bonds. The molecular weight excluding hydrogens is 741 g/mol. The first-order valence-electron chi connectivity index (χ1n) is 21.7. The molecule has 2 aliphatic rings. The summed E-state index contributed by atoms with van der Waals surface area (Å²) in [6.07, 6.45) is 15.2. The smallest absolute Gasteiger partial charge is 0.326 e. The first kappa shape index (κ1) is 57.9. The molecule has 1 saturated heterocycles. The SMILES string of the molecule is CC.CC.CC.CC.CCCC.CS.Cc1ccccc1-c1cc(CN2CCCCC2COCC2CCCCC2)ccc1C(=O)NC(CCS(C)(=O)=O)C(=O)O. The third-order valence-corrected chi connectivity index (χ3v) is 10.1. The number of carbonyl (C=O) groups is 2. The van der Waals surface area contributed by atoms with Crippen LogP contribution in [0.15, 0.2) is 42.5 Å². The standard InChI is InChI=1S/C33H46N2O6S.C4H10.4C2H6.CH4S/c1-24-10-6-7-14-28(24)30-20-26(15-16-29(30)32(36)34-31(33(37)38)17-19-42(2,39)40)21-35-18-9-8-13-27(35)23-41-22-25-11-4-3-5-12-25;1-3-4-2;5*1-2/h6-7,10,14-16,20,25,27,31H,3-5,8-9,11-13,17-19,21-23H2,1-2H3,(H,34,36)(H,37,38);3-4H2,1-2H3;4*1-2H3;2H,1H3. The Hall–Kier alpha value is -2.40. The fourth-order valence-corrected chi connectivity index (χ4v) is 6.89. The topological polar surface area (TPSA) is 113 Å². The zero-order valence-corrected chi connectivity index (χ0v) is 39.6. The van der Waals surface area contributed by atoms with Crippen molar-refractivity contribution in [3.8, 4) is 11.1 Å². The number of amides is 1. The van der Waals surface area contributed by atoms with Gasteiger partial charge in [-0.05, 0) is 92.1 Å². The Labute approximate surface area is 350 Å². The number of hydrogen-bond donors (Lipinski definition) is 3. The van der Waals surface area contributed by atoms with Crippen LogP contribution in [-0.2, 0) is 25.9 Å². The molecule has 0 radical (unpaired) electrons. The average Bonchev–Trinajstić information content (AvgIpc) is 3.24. The molecule has 1 aliphatic heterocycles. The molecule has 2 N–H and O–H groups in total. The molecule has 2 fully saturated rings. The highest BCUT2D eigenvalue weighted by atomic mass is 32.2. The molecule has 2 aromatic rings. The van der Waals surface area contributed by atoms with Crippen molar-refractivity contribution in [2.24, 2.45) is 5.92 Å². The second kappa shape index (κ2) is 36.9. The van der Waals surface area contributed by atoms with Crippen LogP contribution in [0.25, 0.3) is 11.1 Å². The predicted octanol–water partition coefficient (Wildman–Crippen LogP) is 11.7. The number of rotatable bonds is 14. The van der Waals surface area contributed by atoms with Crippen molar-refractivity contribution >= 4 is 34.3 Å². The van der Waals surface area contributed by atoms with Crippen molar-refractivity contribution in [2.75, 3.05) is 38.0 Å². The summed E-state index contributed by atoms with van der Waals surface area (Å²) in [6, 6.07) is 12.6. The average molecular weight is 825 g/mol. The van der Waals surface area contributed by atoms with Crippen LogP contribution in [0, 0.1) is 12.8 Å². The number of hydrogen-bond acceptors (Lipinski definition) is 7. The van der Waals surface area contributed by atoms with Crippen LogP contribution in [0.4, 0.5) is 0 Å². The van der Waals surface area contributed by atoms with Gasteiger partial charge in [0.2, 0.25) is 0 Å². The first-order valence-corrected chi connectivity index (χ1v) is 24.6. The monoisotopic (exact) mass is 825 g/mol. The lowest BCUT2D eigenvalue weighted by Crippen LogP contribution is -2.42. The molecule has 8 nitrogen and oxygen atoms in total. The molecule has 1 heterocycles. The summed E-state index contributed by atoms with van der Waals surface area (Å²) in [5, 5.41) is 12.2. The van der Waals surface area contributed by atoms with E-state index in [0.717, 1.165) is 67.7 Å². The van der Waals surface area contributed by atoms with E-state index in [1.54, 1.807) is 12.3 Å². The lowest BCUT2D eigenvalue weighted by Gasteiger charge is -2.36. The van der Waals surface area contributed by atoms with Gasteiger partial charge in [-0.1, -0.05) is 138 Å². The molecule has 326 valence electrons. The minimum absolute atomic E-state index is 0.198. The zero-order valence-electron chi connectivity index (χ0n) is 37.9. The fourth-order valence-electron chi connectivity index (χ4n) is 6.23. The molecule has 4 rings (SSSR count). The summed E-state index contributed by atoms with van der Waals surface area (Å²) < 4.78 is 29.5. The minimum atomic E-state index is -3.37. The summed E-state index contributed by atoms with van der Waals surface area (Å²) in [4.78, 5) is 27.8. The van der Waals surface area contributed by atoms with Gasteiger partial charge in [-0.2, -0.15) is 12.6 Å². The van der Waals surface area contributed by atoms with Crippen molar-refractivity contribution < 1.29 is 27.9 Å². The van der Waals surface area contributed by atoms with Gasteiger partial charge in [-0.25, -0.2) is 13.2 Å². The number of carboxylic acids is 1. The highest BCUT2D eigenvalue weighted by molar-refractivity contribution is 7.90. The molecule has 1 aliphatic carbocycles. The van der Waals surface area contributed by atoms with Crippen LogP contribution in [0.3, 0.4) is 0 Å². The van der Waals surface area contributed by atoms with E-state index in [1.807, 2.05) is 98.7 Å². The fraction of sp³-hybridized carbons (Fsp3) is 0.696. The van der Waals surface area contributed by atoms with Crippen molar-refractivity contribution in [3.63, 3.8) is 0 Å². The van der Waals surface area contributed by atoms with Gasteiger partial charge in [0.25, 0.3) is 5.91 Å². The van der Waals surface area contributed by atoms with Crippen LogP contribution in [-0.4, -0.2) is 80.4 Å². The lowest BCUT2D eigenvalue weighted by atomic mass is 9.90. The number of carbonyl (C=O) groups excluding carboxylic acids is 1. The second-order valence-corrected chi connectivity index (χ2v) is 15.4. The molecule has 0 aromatic heterocycles. The molecule has 10 heteroatoms. The van der Waals surface area contributed by atoms with E-state index in [0.29, 0.717) is 17.5 Å². The van der Waals surface area contributed by atoms with Crippen molar-refractivity contribution in [1.29, 1.82) is 0 Å². The number of thiol groups is 1. The Bertz CT molecular complexity index is 1360. The van der Waals surface area contributed by atoms with Gasteiger partial charge in [0, 0.05) is 31.0 Å². The largest absolute Gasteiger partial charge is 0.480 e. The van der Waals surface area contributed by atoms with Crippen LogP contribution in [0.5, 0.6) is 0 Å². The number of aryl methyl sites for hydroxylation is 1. The third-order valence-electron chi connectivity index (χ3n) is 9.17. The quantitative estimate of drug-likeness (QED) is 0.163. The van der Waals surface area contributed by atoms with Gasteiger partial charge in [0.05, 0.1) is 12.4 Å².